The second kappa shape index (κ2) is 6.68. The molecule has 0 unspecified atom stereocenters. The largest absolute Gasteiger partial charge is 0.483 e. The summed E-state index contributed by atoms with van der Waals surface area (Å²) in [5.74, 6) is -0.358. The molecule has 0 aliphatic heterocycles. The van der Waals surface area contributed by atoms with Crippen LogP contribution in [0.25, 0.3) is 0 Å². The summed E-state index contributed by atoms with van der Waals surface area (Å²) in [4.78, 5) is 11.7. The van der Waals surface area contributed by atoms with Crippen LogP contribution in [0.1, 0.15) is 5.56 Å². The van der Waals surface area contributed by atoms with E-state index in [-0.39, 0.29) is 12.3 Å². The van der Waals surface area contributed by atoms with Gasteiger partial charge in [-0.25, -0.2) is 4.39 Å². The number of amides is 1. The first-order chi connectivity index (χ1) is 9.70. The molecule has 2 aromatic rings. The average molecular weight is 274 g/mol. The molecule has 1 amide bonds. The number of hydrogen-bond donors (Lipinski definition) is 2. The Labute approximate surface area is 116 Å². The summed E-state index contributed by atoms with van der Waals surface area (Å²) in [6.07, 6.45) is 0. The average Bonchev–Trinajstić information content (AvgIpc) is 2.48. The summed E-state index contributed by atoms with van der Waals surface area (Å²) in [5, 5.41) is 2.45. The third-order valence-electron chi connectivity index (χ3n) is 2.70. The number of ether oxygens (including phenoxy) is 1. The Bertz CT molecular complexity index is 602. The summed E-state index contributed by atoms with van der Waals surface area (Å²) < 4.78 is 18.7. The number of hydrogen-bond acceptors (Lipinski definition) is 3. The molecule has 104 valence electrons. The second-order valence-electron chi connectivity index (χ2n) is 4.13. The third-order valence-corrected chi connectivity index (χ3v) is 2.70. The minimum atomic E-state index is -0.483. The molecule has 0 fully saturated rings. The van der Waals surface area contributed by atoms with Crippen molar-refractivity contribution in [2.45, 2.75) is 6.54 Å². The maximum absolute atomic E-state index is 13.4. The van der Waals surface area contributed by atoms with E-state index in [1.165, 1.54) is 12.1 Å². The van der Waals surface area contributed by atoms with E-state index in [1.54, 1.807) is 24.3 Å². The van der Waals surface area contributed by atoms with E-state index >= 15 is 0 Å². The van der Waals surface area contributed by atoms with E-state index in [0.29, 0.717) is 12.3 Å². The van der Waals surface area contributed by atoms with Gasteiger partial charge in [0.25, 0.3) is 5.91 Å². The molecule has 3 N–H and O–H groups in total. The van der Waals surface area contributed by atoms with Crippen molar-refractivity contribution >= 4 is 11.6 Å². The second-order valence-corrected chi connectivity index (χ2v) is 4.13. The Morgan fingerprint density at radius 3 is 2.60 bits per heavy atom. The number of para-hydroxylation sites is 2. The molecule has 0 aliphatic rings. The van der Waals surface area contributed by atoms with Gasteiger partial charge in [0.2, 0.25) is 0 Å². The van der Waals surface area contributed by atoms with Crippen LogP contribution in [0.4, 0.5) is 10.1 Å². The first-order valence-corrected chi connectivity index (χ1v) is 6.16. The highest BCUT2D eigenvalue weighted by atomic mass is 19.1. The van der Waals surface area contributed by atoms with Crippen LogP contribution in [0.15, 0.2) is 48.5 Å². The number of carbonyl (C=O) groups is 1. The molecule has 0 radical (unpaired) electrons. The first-order valence-electron chi connectivity index (χ1n) is 6.16. The Hall–Kier alpha value is -2.40. The van der Waals surface area contributed by atoms with Crippen molar-refractivity contribution in [2.24, 2.45) is 5.73 Å². The highest BCUT2D eigenvalue weighted by molar-refractivity contribution is 5.91. The van der Waals surface area contributed by atoms with Gasteiger partial charge in [-0.2, -0.15) is 0 Å². The predicted molar refractivity (Wildman–Crippen MR) is 74.9 cm³/mol. The zero-order chi connectivity index (χ0) is 14.4. The van der Waals surface area contributed by atoms with Gasteiger partial charge in [-0.3, -0.25) is 4.79 Å². The molecule has 5 heteroatoms. The van der Waals surface area contributed by atoms with Gasteiger partial charge >= 0.3 is 0 Å². The molecule has 4 nitrogen and oxygen atoms in total. The number of carbonyl (C=O) groups excluding carboxylic acids is 1. The topological polar surface area (TPSA) is 64.3 Å². The zero-order valence-electron chi connectivity index (χ0n) is 10.8. The van der Waals surface area contributed by atoms with E-state index in [1.807, 2.05) is 12.1 Å². The molecular weight excluding hydrogens is 259 g/mol. The molecule has 2 aromatic carbocycles. The van der Waals surface area contributed by atoms with Crippen molar-refractivity contribution in [3.63, 3.8) is 0 Å². The van der Waals surface area contributed by atoms with Crippen LogP contribution in [0.3, 0.4) is 0 Å². The molecule has 0 bridgehead atoms. The van der Waals surface area contributed by atoms with Gasteiger partial charge in [-0.15, -0.1) is 0 Å². The van der Waals surface area contributed by atoms with E-state index in [4.69, 9.17) is 10.5 Å². The third kappa shape index (κ3) is 3.55. The van der Waals surface area contributed by atoms with Gasteiger partial charge in [0.05, 0.1) is 5.69 Å². The van der Waals surface area contributed by atoms with Crippen molar-refractivity contribution in [1.29, 1.82) is 0 Å². The van der Waals surface area contributed by atoms with Gasteiger partial charge in [0.15, 0.2) is 6.61 Å². The lowest BCUT2D eigenvalue weighted by atomic mass is 10.2. The number of benzene rings is 2. The SMILES string of the molecule is NCc1ccccc1OCC(=O)Nc1ccccc1F. The summed E-state index contributed by atoms with van der Waals surface area (Å²) in [5.41, 5.74) is 6.51. The number of rotatable bonds is 5. The van der Waals surface area contributed by atoms with E-state index in [9.17, 15) is 9.18 Å². The summed E-state index contributed by atoms with van der Waals surface area (Å²) in [7, 11) is 0. The van der Waals surface area contributed by atoms with Crippen molar-refractivity contribution < 1.29 is 13.9 Å². The highest BCUT2D eigenvalue weighted by Crippen LogP contribution is 2.17. The van der Waals surface area contributed by atoms with Gasteiger partial charge < -0.3 is 15.8 Å². The molecular formula is C15H15FN2O2. The maximum Gasteiger partial charge on any atom is 0.262 e. The van der Waals surface area contributed by atoms with Gasteiger partial charge in [0, 0.05) is 12.1 Å². The maximum atomic E-state index is 13.4. The minimum Gasteiger partial charge on any atom is -0.483 e. The molecule has 0 atom stereocenters. The van der Waals surface area contributed by atoms with Crippen LogP contribution < -0.4 is 15.8 Å². The standard InChI is InChI=1S/C15H15FN2O2/c16-12-6-2-3-7-13(12)18-15(19)10-20-14-8-4-1-5-11(14)9-17/h1-8H,9-10,17H2,(H,18,19). The molecule has 0 aliphatic carbocycles. The fraction of sp³-hybridized carbons (Fsp3) is 0.133. The summed E-state index contributed by atoms with van der Waals surface area (Å²) >= 11 is 0. The zero-order valence-corrected chi connectivity index (χ0v) is 10.8. The molecule has 2 rings (SSSR count). The van der Waals surface area contributed by atoms with Crippen LogP contribution in [0.5, 0.6) is 5.75 Å². The molecule has 0 spiro atoms. The van der Waals surface area contributed by atoms with E-state index in [0.717, 1.165) is 5.56 Å². The van der Waals surface area contributed by atoms with Gasteiger partial charge in [-0.1, -0.05) is 30.3 Å². The summed E-state index contributed by atoms with van der Waals surface area (Å²) in [6.45, 7) is 0.121. The van der Waals surface area contributed by atoms with E-state index < -0.39 is 11.7 Å². The number of anilines is 1. The Morgan fingerprint density at radius 1 is 1.15 bits per heavy atom. The lowest BCUT2D eigenvalue weighted by molar-refractivity contribution is -0.118. The van der Waals surface area contributed by atoms with Gasteiger partial charge in [0.1, 0.15) is 11.6 Å². The fourth-order valence-electron chi connectivity index (χ4n) is 1.71. The Kier molecular flexibility index (Phi) is 4.68. The molecule has 0 saturated heterocycles. The minimum absolute atomic E-state index is 0.133. The van der Waals surface area contributed by atoms with Crippen molar-refractivity contribution in [3.8, 4) is 5.75 Å². The van der Waals surface area contributed by atoms with Crippen LogP contribution in [-0.2, 0) is 11.3 Å². The van der Waals surface area contributed by atoms with Crippen molar-refractivity contribution in [3.05, 3.63) is 59.9 Å². The summed E-state index contributed by atoms with van der Waals surface area (Å²) in [6, 6.07) is 13.2. The Morgan fingerprint density at radius 2 is 1.85 bits per heavy atom. The monoisotopic (exact) mass is 274 g/mol. The molecule has 0 heterocycles. The van der Waals surface area contributed by atoms with Crippen molar-refractivity contribution in [1.82, 2.24) is 0 Å². The number of nitrogens with one attached hydrogen (secondary N) is 1. The fourth-order valence-corrected chi connectivity index (χ4v) is 1.71. The van der Waals surface area contributed by atoms with Crippen LogP contribution in [0, 0.1) is 5.82 Å². The van der Waals surface area contributed by atoms with Crippen molar-refractivity contribution in [2.75, 3.05) is 11.9 Å². The van der Waals surface area contributed by atoms with Crippen LogP contribution in [0.2, 0.25) is 0 Å². The highest BCUT2D eigenvalue weighted by Gasteiger charge is 2.08. The normalized spacial score (nSPS) is 10.1. The Balaban J connectivity index is 1.94. The van der Waals surface area contributed by atoms with Gasteiger partial charge in [-0.05, 0) is 18.2 Å². The number of halogens is 1. The lowest BCUT2D eigenvalue weighted by Gasteiger charge is -2.10. The lowest BCUT2D eigenvalue weighted by Crippen LogP contribution is -2.21. The quantitative estimate of drug-likeness (QED) is 0.879. The van der Waals surface area contributed by atoms with Crippen LogP contribution in [-0.4, -0.2) is 12.5 Å². The first kappa shape index (κ1) is 14.0. The molecule has 0 saturated carbocycles. The smallest absolute Gasteiger partial charge is 0.262 e. The molecule has 0 aromatic heterocycles. The molecule has 20 heavy (non-hydrogen) atoms. The predicted octanol–water partition coefficient (Wildman–Crippen LogP) is 2.30. The number of nitrogens with two attached hydrogens (primary N) is 1. The van der Waals surface area contributed by atoms with E-state index in [2.05, 4.69) is 5.32 Å². The van der Waals surface area contributed by atoms with Crippen LogP contribution >= 0.6 is 0 Å².